The van der Waals surface area contributed by atoms with Gasteiger partial charge < -0.3 is 0 Å². The van der Waals surface area contributed by atoms with Gasteiger partial charge in [0.2, 0.25) is 0 Å². The summed E-state index contributed by atoms with van der Waals surface area (Å²) in [5.74, 6) is 3.14. The minimum Gasteiger partial charge on any atom is -0.232 e. The zero-order valence-corrected chi connectivity index (χ0v) is 6.15. The van der Waals surface area contributed by atoms with E-state index >= 15 is 0 Å². The Labute approximate surface area is 67.2 Å². The summed E-state index contributed by atoms with van der Waals surface area (Å²) in [6.45, 7) is 0. The van der Waals surface area contributed by atoms with E-state index in [-0.39, 0.29) is 5.69 Å². The third-order valence-electron chi connectivity index (χ3n) is 1.15. The molecule has 0 amide bonds. The molecule has 0 aliphatic carbocycles. The van der Waals surface area contributed by atoms with E-state index in [1.54, 1.807) is 0 Å². The van der Waals surface area contributed by atoms with Crippen molar-refractivity contribution < 1.29 is 8.78 Å². The maximum Gasteiger partial charge on any atom is 0.160 e. The van der Waals surface area contributed by atoms with Gasteiger partial charge in [-0.15, -0.1) is 0 Å². The van der Waals surface area contributed by atoms with Crippen LogP contribution in [0.5, 0.6) is 0 Å². The minimum atomic E-state index is -0.974. The fourth-order valence-corrected chi connectivity index (χ4v) is 0.723. The topological polar surface area (TPSA) is 29.3 Å². The van der Waals surface area contributed by atoms with Gasteiger partial charge in [-0.2, -0.15) is 0 Å². The molecule has 0 aliphatic rings. The highest BCUT2D eigenvalue weighted by molar-refractivity contribution is 6.24. The molecule has 60 valence electrons. The summed E-state index contributed by atoms with van der Waals surface area (Å²) < 4.78 is 25.4. The lowest BCUT2D eigenvalue weighted by atomic mass is 10.3. The summed E-state index contributed by atoms with van der Waals surface area (Å²) in [5.41, 5.74) is 0.200. The van der Waals surface area contributed by atoms with Crippen molar-refractivity contribution in [3.63, 3.8) is 0 Å². The van der Waals surface area contributed by atoms with Crippen LogP contribution in [0.2, 0.25) is 0 Å². The molecule has 0 atom stereocenters. The number of benzene rings is 1. The number of anilines is 1. The number of nitrogens with two attached hydrogens (primary N) is 1. The van der Waals surface area contributed by atoms with Gasteiger partial charge in [-0.25, -0.2) is 19.2 Å². The molecule has 0 saturated heterocycles. The van der Waals surface area contributed by atoms with Crippen molar-refractivity contribution >= 4 is 17.5 Å². The monoisotopic (exact) mass is 178 g/mol. The van der Waals surface area contributed by atoms with Gasteiger partial charge in [0.15, 0.2) is 11.6 Å². The van der Waals surface area contributed by atoms with Crippen molar-refractivity contribution in [3.05, 3.63) is 29.8 Å². The van der Waals surface area contributed by atoms with Gasteiger partial charge in [0.1, 0.15) is 0 Å². The minimum absolute atomic E-state index is 0.200. The largest absolute Gasteiger partial charge is 0.232 e. The summed E-state index contributed by atoms with van der Waals surface area (Å²) >= 11 is 5.25. The van der Waals surface area contributed by atoms with E-state index in [0.29, 0.717) is 4.53 Å². The Morgan fingerprint density at radius 1 is 1.27 bits per heavy atom. The Hall–Kier alpha value is -0.870. The standard InChI is InChI=1S/C6H5ClF2N2/c7-11(10)4-1-2-5(8)6(9)3-4/h1-3H,10H2. The van der Waals surface area contributed by atoms with Crippen LogP contribution in [0.3, 0.4) is 0 Å². The molecule has 5 heteroatoms. The van der Waals surface area contributed by atoms with Crippen molar-refractivity contribution in [3.8, 4) is 0 Å². The summed E-state index contributed by atoms with van der Waals surface area (Å²) in [6, 6.07) is 3.13. The van der Waals surface area contributed by atoms with Crippen LogP contribution in [-0.2, 0) is 0 Å². The van der Waals surface area contributed by atoms with E-state index in [1.165, 1.54) is 6.07 Å². The second-order valence-corrected chi connectivity index (χ2v) is 2.27. The summed E-state index contributed by atoms with van der Waals surface area (Å²) in [6.07, 6.45) is 0. The molecular formula is C6H5ClF2N2. The first-order chi connectivity index (χ1) is 5.11. The quantitative estimate of drug-likeness (QED) is 0.404. The number of hydrazine groups is 1. The third kappa shape index (κ3) is 1.78. The fourth-order valence-electron chi connectivity index (χ4n) is 0.618. The molecule has 0 bridgehead atoms. The van der Waals surface area contributed by atoms with E-state index < -0.39 is 11.6 Å². The molecule has 0 unspecified atom stereocenters. The Morgan fingerprint density at radius 2 is 1.91 bits per heavy atom. The van der Waals surface area contributed by atoms with E-state index in [4.69, 9.17) is 17.6 Å². The van der Waals surface area contributed by atoms with Gasteiger partial charge in [-0.1, -0.05) is 0 Å². The second-order valence-electron chi connectivity index (χ2n) is 1.91. The average molecular weight is 179 g/mol. The predicted octanol–water partition coefficient (Wildman–Crippen LogP) is 1.80. The van der Waals surface area contributed by atoms with Gasteiger partial charge in [-0.05, 0) is 12.1 Å². The van der Waals surface area contributed by atoms with Crippen LogP contribution in [-0.4, -0.2) is 0 Å². The van der Waals surface area contributed by atoms with Gasteiger partial charge in [-0.3, -0.25) is 0 Å². The van der Waals surface area contributed by atoms with E-state index in [9.17, 15) is 8.78 Å². The normalized spacial score (nSPS) is 9.82. The molecule has 2 N–H and O–H groups in total. The van der Waals surface area contributed by atoms with Gasteiger partial charge >= 0.3 is 0 Å². The molecule has 1 rings (SSSR count). The second kappa shape index (κ2) is 3.02. The molecule has 0 spiro atoms. The van der Waals surface area contributed by atoms with Crippen LogP contribution in [0.15, 0.2) is 18.2 Å². The van der Waals surface area contributed by atoms with Crippen LogP contribution in [0.1, 0.15) is 0 Å². The molecule has 1 aromatic rings. The van der Waals surface area contributed by atoms with E-state index in [2.05, 4.69) is 0 Å². The van der Waals surface area contributed by atoms with Crippen LogP contribution >= 0.6 is 11.8 Å². The maximum absolute atomic E-state index is 12.4. The highest BCUT2D eigenvalue weighted by Gasteiger charge is 2.03. The van der Waals surface area contributed by atoms with E-state index in [1.807, 2.05) is 0 Å². The fraction of sp³-hybridized carbons (Fsp3) is 0. The van der Waals surface area contributed by atoms with Crippen LogP contribution in [0.25, 0.3) is 0 Å². The maximum atomic E-state index is 12.4. The predicted molar refractivity (Wildman–Crippen MR) is 38.9 cm³/mol. The van der Waals surface area contributed by atoms with Crippen LogP contribution < -0.4 is 10.4 Å². The van der Waals surface area contributed by atoms with Crippen LogP contribution in [0, 0.1) is 11.6 Å². The van der Waals surface area contributed by atoms with Gasteiger partial charge in [0.05, 0.1) is 5.69 Å². The molecule has 0 aliphatic heterocycles. The first-order valence-corrected chi connectivity index (χ1v) is 3.10. The molecule has 2 nitrogen and oxygen atoms in total. The molecule has 0 heterocycles. The molecule has 1 aromatic carbocycles. The smallest absolute Gasteiger partial charge is 0.160 e. The first-order valence-electron chi connectivity index (χ1n) is 2.77. The van der Waals surface area contributed by atoms with Crippen molar-refractivity contribution in [2.24, 2.45) is 5.84 Å². The lowest BCUT2D eigenvalue weighted by Gasteiger charge is -2.07. The Balaban J connectivity index is 3.05. The number of hydrogen-bond donors (Lipinski definition) is 1. The Kier molecular flexibility index (Phi) is 2.26. The van der Waals surface area contributed by atoms with Gasteiger partial charge in [0, 0.05) is 17.8 Å². The molecule has 0 fully saturated rings. The van der Waals surface area contributed by atoms with Crippen LogP contribution in [0.4, 0.5) is 14.5 Å². The Bertz CT molecular complexity index is 265. The molecular weight excluding hydrogens is 174 g/mol. The Morgan fingerprint density at radius 3 is 2.36 bits per heavy atom. The van der Waals surface area contributed by atoms with Crippen molar-refractivity contribution in [1.82, 2.24) is 0 Å². The zero-order valence-electron chi connectivity index (χ0n) is 5.39. The summed E-state index contributed by atoms with van der Waals surface area (Å²) in [5, 5.41) is 0. The molecule has 0 saturated carbocycles. The van der Waals surface area contributed by atoms with Crippen molar-refractivity contribution in [1.29, 1.82) is 0 Å². The average Bonchev–Trinajstić information content (AvgIpc) is 1.94. The highest BCUT2D eigenvalue weighted by atomic mass is 35.5. The third-order valence-corrected chi connectivity index (χ3v) is 1.35. The summed E-state index contributed by atoms with van der Waals surface area (Å²) in [7, 11) is 0. The molecule has 11 heavy (non-hydrogen) atoms. The van der Waals surface area contributed by atoms with E-state index in [0.717, 1.165) is 12.1 Å². The van der Waals surface area contributed by atoms with Crippen molar-refractivity contribution in [2.45, 2.75) is 0 Å². The SMILES string of the molecule is NN(Cl)c1ccc(F)c(F)c1. The highest BCUT2D eigenvalue weighted by Crippen LogP contribution is 2.16. The number of hydrogen-bond acceptors (Lipinski definition) is 2. The number of rotatable bonds is 1. The van der Waals surface area contributed by atoms with Gasteiger partial charge in [0.25, 0.3) is 0 Å². The number of nitrogens with zero attached hydrogens (tertiary/aromatic N) is 1. The zero-order chi connectivity index (χ0) is 8.43. The number of halogens is 3. The summed E-state index contributed by atoms with van der Waals surface area (Å²) in [4.78, 5) is 0. The molecule has 0 radical (unpaired) electrons. The lowest BCUT2D eigenvalue weighted by Crippen LogP contribution is -2.18. The van der Waals surface area contributed by atoms with Crippen molar-refractivity contribution in [2.75, 3.05) is 4.53 Å². The lowest BCUT2D eigenvalue weighted by molar-refractivity contribution is 0.509. The first kappa shape index (κ1) is 8.23. The molecule has 0 aromatic heterocycles.